The van der Waals surface area contributed by atoms with E-state index in [1.54, 1.807) is 45.9 Å². The first kappa shape index (κ1) is 21.5. The Balaban J connectivity index is 1.98. The molecule has 7 nitrogen and oxygen atoms in total. The van der Waals surface area contributed by atoms with Gasteiger partial charge in [-0.1, -0.05) is 23.7 Å². The predicted octanol–water partition coefficient (Wildman–Crippen LogP) is 3.50. The molecule has 0 aliphatic rings. The minimum atomic E-state index is -0.688. The summed E-state index contributed by atoms with van der Waals surface area (Å²) in [5, 5.41) is 3.31. The van der Waals surface area contributed by atoms with Crippen molar-refractivity contribution < 1.29 is 23.9 Å². The van der Waals surface area contributed by atoms with Crippen molar-refractivity contribution in [2.75, 3.05) is 13.2 Å². The van der Waals surface area contributed by atoms with E-state index < -0.39 is 24.5 Å². The summed E-state index contributed by atoms with van der Waals surface area (Å²) in [7, 11) is 0. The van der Waals surface area contributed by atoms with Crippen LogP contribution in [-0.2, 0) is 14.3 Å². The lowest BCUT2D eigenvalue weighted by molar-refractivity contribution is -0.124. The molecule has 1 aromatic carbocycles. The van der Waals surface area contributed by atoms with Crippen molar-refractivity contribution in [1.82, 2.24) is 10.3 Å². The van der Waals surface area contributed by atoms with Gasteiger partial charge in [-0.3, -0.25) is 4.79 Å². The van der Waals surface area contributed by atoms with E-state index in [0.29, 0.717) is 16.3 Å². The number of halogens is 1. The molecule has 2 aromatic rings. The van der Waals surface area contributed by atoms with Crippen LogP contribution in [-0.4, -0.2) is 36.0 Å². The van der Waals surface area contributed by atoms with Crippen molar-refractivity contribution in [3.63, 3.8) is 0 Å². The van der Waals surface area contributed by atoms with Crippen LogP contribution in [0.25, 0.3) is 0 Å². The molecule has 0 aliphatic carbocycles. The maximum atomic E-state index is 12.4. The number of rotatable bonds is 7. The summed E-state index contributed by atoms with van der Waals surface area (Å²) < 4.78 is 10.1. The number of amides is 1. The molecule has 0 bridgehead atoms. The van der Waals surface area contributed by atoms with E-state index in [2.05, 4.69) is 10.3 Å². The second-order valence-electron chi connectivity index (χ2n) is 6.27. The molecule has 1 aromatic heterocycles. The van der Waals surface area contributed by atoms with Gasteiger partial charge in [-0.2, -0.15) is 0 Å². The lowest BCUT2D eigenvalue weighted by atomic mass is 10.1. The van der Waals surface area contributed by atoms with E-state index in [-0.39, 0.29) is 23.9 Å². The van der Waals surface area contributed by atoms with E-state index in [1.807, 2.05) is 6.07 Å². The second-order valence-corrected chi connectivity index (χ2v) is 6.70. The van der Waals surface area contributed by atoms with Crippen molar-refractivity contribution in [1.29, 1.82) is 0 Å². The Bertz CT molecular complexity index is 891. The van der Waals surface area contributed by atoms with E-state index in [9.17, 15) is 14.4 Å². The fourth-order valence-electron chi connectivity index (χ4n) is 2.81. The van der Waals surface area contributed by atoms with Gasteiger partial charge in [-0.25, -0.2) is 9.59 Å². The van der Waals surface area contributed by atoms with Gasteiger partial charge in [0.25, 0.3) is 5.91 Å². The quantitative estimate of drug-likeness (QED) is 0.686. The van der Waals surface area contributed by atoms with Gasteiger partial charge in [0.15, 0.2) is 6.61 Å². The number of carbonyl (C=O) groups excluding carboxylic acids is 3. The van der Waals surface area contributed by atoms with Crippen LogP contribution in [0.3, 0.4) is 0 Å². The van der Waals surface area contributed by atoms with E-state index in [1.165, 1.54) is 0 Å². The molecule has 0 spiro atoms. The summed E-state index contributed by atoms with van der Waals surface area (Å²) in [4.78, 5) is 39.3. The fourth-order valence-corrected chi connectivity index (χ4v) is 3.01. The number of ether oxygens (including phenoxy) is 2. The summed E-state index contributed by atoms with van der Waals surface area (Å²) in [6.45, 7) is 6.55. The third-order valence-corrected chi connectivity index (χ3v) is 4.42. The van der Waals surface area contributed by atoms with Crippen LogP contribution in [0.15, 0.2) is 24.3 Å². The molecule has 150 valence electrons. The maximum Gasteiger partial charge on any atom is 0.355 e. The molecular formula is C20H23ClN2O5. The third-order valence-electron chi connectivity index (χ3n) is 4.18. The van der Waals surface area contributed by atoms with Crippen molar-refractivity contribution in [2.24, 2.45) is 0 Å². The predicted molar refractivity (Wildman–Crippen MR) is 105 cm³/mol. The average Bonchev–Trinajstić information content (AvgIpc) is 2.94. The minimum absolute atomic E-state index is 0.199. The molecule has 0 saturated heterocycles. The number of aromatic amines is 1. The topological polar surface area (TPSA) is 97.5 Å². The van der Waals surface area contributed by atoms with Crippen LogP contribution in [0, 0.1) is 13.8 Å². The van der Waals surface area contributed by atoms with E-state index >= 15 is 0 Å². The summed E-state index contributed by atoms with van der Waals surface area (Å²) >= 11 is 5.95. The first-order valence-electron chi connectivity index (χ1n) is 8.82. The molecular weight excluding hydrogens is 384 g/mol. The molecule has 1 atom stereocenters. The molecule has 2 rings (SSSR count). The number of carbonyl (C=O) groups is 3. The van der Waals surface area contributed by atoms with Gasteiger partial charge >= 0.3 is 11.9 Å². The van der Waals surface area contributed by atoms with Crippen LogP contribution in [0.5, 0.6) is 0 Å². The number of H-pyrrole nitrogens is 1. The van der Waals surface area contributed by atoms with Crippen LogP contribution >= 0.6 is 11.6 Å². The van der Waals surface area contributed by atoms with Crippen molar-refractivity contribution >= 4 is 29.4 Å². The number of hydrogen-bond acceptors (Lipinski definition) is 5. The Hall–Kier alpha value is -2.80. The number of esters is 2. The number of aromatic nitrogens is 1. The molecule has 0 fully saturated rings. The molecule has 28 heavy (non-hydrogen) atoms. The molecule has 0 aliphatic heterocycles. The maximum absolute atomic E-state index is 12.4. The molecule has 1 heterocycles. The van der Waals surface area contributed by atoms with Crippen molar-refractivity contribution in [3.05, 3.63) is 57.4 Å². The van der Waals surface area contributed by atoms with Gasteiger partial charge in [0.1, 0.15) is 5.69 Å². The highest BCUT2D eigenvalue weighted by Gasteiger charge is 2.24. The van der Waals surface area contributed by atoms with Crippen LogP contribution in [0.1, 0.15) is 57.6 Å². The Kier molecular flexibility index (Phi) is 7.23. The lowest BCUT2D eigenvalue weighted by Crippen LogP contribution is -2.31. The molecule has 8 heteroatoms. The van der Waals surface area contributed by atoms with E-state index in [0.717, 1.165) is 5.56 Å². The van der Waals surface area contributed by atoms with Crippen LogP contribution < -0.4 is 5.32 Å². The molecule has 0 radical (unpaired) electrons. The Labute approximate surface area is 168 Å². The average molecular weight is 407 g/mol. The number of benzene rings is 1. The van der Waals surface area contributed by atoms with Crippen LogP contribution in [0.4, 0.5) is 0 Å². The third kappa shape index (κ3) is 5.13. The summed E-state index contributed by atoms with van der Waals surface area (Å²) in [6, 6.07) is 6.83. The Morgan fingerprint density at radius 2 is 1.89 bits per heavy atom. The summed E-state index contributed by atoms with van der Waals surface area (Å²) in [5.74, 6) is -1.68. The monoisotopic (exact) mass is 406 g/mol. The zero-order chi connectivity index (χ0) is 20.8. The van der Waals surface area contributed by atoms with Crippen molar-refractivity contribution in [3.8, 4) is 0 Å². The van der Waals surface area contributed by atoms with Gasteiger partial charge < -0.3 is 19.8 Å². The normalized spacial score (nSPS) is 11.6. The van der Waals surface area contributed by atoms with E-state index in [4.69, 9.17) is 21.1 Å². The zero-order valence-electron chi connectivity index (χ0n) is 16.2. The first-order chi connectivity index (χ1) is 13.2. The van der Waals surface area contributed by atoms with Crippen molar-refractivity contribution in [2.45, 2.75) is 33.7 Å². The van der Waals surface area contributed by atoms with Gasteiger partial charge in [-0.15, -0.1) is 0 Å². The highest BCUT2D eigenvalue weighted by Crippen LogP contribution is 2.20. The molecule has 0 unspecified atom stereocenters. The largest absolute Gasteiger partial charge is 0.461 e. The number of aryl methyl sites for hydroxylation is 1. The highest BCUT2D eigenvalue weighted by atomic mass is 35.5. The highest BCUT2D eigenvalue weighted by molar-refractivity contribution is 6.30. The lowest BCUT2D eigenvalue weighted by Gasteiger charge is -2.14. The Morgan fingerprint density at radius 3 is 2.54 bits per heavy atom. The SMILES string of the molecule is CCOC(=O)c1[nH]c(C)c(C(=O)OCC(=O)N[C@H](C)c2cccc(Cl)c2)c1C. The smallest absolute Gasteiger partial charge is 0.355 e. The molecule has 1 amide bonds. The van der Waals surface area contributed by atoms with Gasteiger partial charge in [0, 0.05) is 10.7 Å². The fraction of sp³-hybridized carbons (Fsp3) is 0.350. The standard InChI is InChI=1S/C20H23ClN2O5/c1-5-27-20(26)18-11(2)17(13(4)23-18)19(25)28-10-16(24)22-12(3)14-7-6-8-15(21)9-14/h6-9,12,23H,5,10H2,1-4H3,(H,22,24)/t12-/m1/s1. The minimum Gasteiger partial charge on any atom is -0.461 e. The molecule has 0 saturated carbocycles. The summed E-state index contributed by atoms with van der Waals surface area (Å²) in [5.41, 5.74) is 2.15. The van der Waals surface area contributed by atoms with Gasteiger partial charge in [0.2, 0.25) is 0 Å². The summed E-state index contributed by atoms with van der Waals surface area (Å²) in [6.07, 6.45) is 0. The van der Waals surface area contributed by atoms with Gasteiger partial charge in [-0.05, 0) is 51.0 Å². The first-order valence-corrected chi connectivity index (χ1v) is 9.20. The Morgan fingerprint density at radius 1 is 1.18 bits per heavy atom. The second kappa shape index (κ2) is 9.41. The number of nitrogens with one attached hydrogen (secondary N) is 2. The van der Waals surface area contributed by atoms with Crippen LogP contribution in [0.2, 0.25) is 5.02 Å². The zero-order valence-corrected chi connectivity index (χ0v) is 17.0. The molecule has 2 N–H and O–H groups in total. The number of hydrogen-bond donors (Lipinski definition) is 2. The van der Waals surface area contributed by atoms with Gasteiger partial charge in [0.05, 0.1) is 18.2 Å².